The van der Waals surface area contributed by atoms with E-state index in [4.69, 9.17) is 4.74 Å². The first-order valence-electron chi connectivity index (χ1n) is 7.74. The Labute approximate surface area is 146 Å². The molecule has 1 N–H and O–H groups in total. The highest BCUT2D eigenvalue weighted by Gasteiger charge is 2.05. The summed E-state index contributed by atoms with van der Waals surface area (Å²) < 4.78 is 5.42. The molecule has 126 valence electrons. The van der Waals surface area contributed by atoms with Crippen LogP contribution in [-0.2, 0) is 4.79 Å². The van der Waals surface area contributed by atoms with Gasteiger partial charge in [0.1, 0.15) is 5.75 Å². The fraction of sp³-hybridized carbons (Fsp3) is 0.263. The minimum Gasteiger partial charge on any atom is -0.484 e. The van der Waals surface area contributed by atoms with Crippen molar-refractivity contribution in [2.75, 3.05) is 18.9 Å². The van der Waals surface area contributed by atoms with Crippen molar-refractivity contribution in [3.8, 4) is 5.75 Å². The molecule has 0 spiro atoms. The Morgan fingerprint density at radius 1 is 1.12 bits per heavy atom. The molecule has 5 heteroatoms. The minimum atomic E-state index is -0.173. The first-order chi connectivity index (χ1) is 11.5. The molecule has 0 saturated carbocycles. The molecule has 24 heavy (non-hydrogen) atoms. The number of ketones is 1. The van der Waals surface area contributed by atoms with Gasteiger partial charge in [0.2, 0.25) is 0 Å². The molecule has 2 aromatic carbocycles. The third kappa shape index (κ3) is 6.08. The number of ether oxygens (including phenoxy) is 1. The minimum absolute atomic E-state index is 0.0296. The number of rotatable bonds is 8. The summed E-state index contributed by atoms with van der Waals surface area (Å²) >= 11 is 1.70. The number of thioether (sulfide) groups is 1. The van der Waals surface area contributed by atoms with Crippen LogP contribution in [0.5, 0.6) is 5.75 Å². The Morgan fingerprint density at radius 2 is 1.88 bits per heavy atom. The van der Waals surface area contributed by atoms with Gasteiger partial charge in [0.05, 0.1) is 0 Å². The van der Waals surface area contributed by atoms with Gasteiger partial charge in [-0.15, -0.1) is 11.8 Å². The maximum Gasteiger partial charge on any atom is 0.257 e. The summed E-state index contributed by atoms with van der Waals surface area (Å²) in [6, 6.07) is 15.1. The quantitative estimate of drug-likeness (QED) is 0.453. The van der Waals surface area contributed by atoms with Crippen LogP contribution in [0, 0.1) is 6.92 Å². The zero-order valence-corrected chi connectivity index (χ0v) is 14.7. The maximum absolute atomic E-state index is 11.8. The Balaban J connectivity index is 1.67. The average Bonchev–Trinajstić information content (AvgIpc) is 2.58. The monoisotopic (exact) mass is 343 g/mol. The molecule has 0 bridgehead atoms. The standard InChI is InChI=1S/C19H21NO3S/c1-14-6-8-18(9-7-14)24-11-10-20-19(22)13-23-17-5-3-4-16(12-17)15(2)21/h3-9,12H,10-11,13H2,1-2H3,(H,20,22). The second kappa shape index (κ2) is 9.13. The van der Waals surface area contributed by atoms with Crippen LogP contribution in [0.2, 0.25) is 0 Å². The molecule has 0 aromatic heterocycles. The molecule has 0 saturated heterocycles. The van der Waals surface area contributed by atoms with E-state index in [0.29, 0.717) is 17.9 Å². The van der Waals surface area contributed by atoms with Crippen LogP contribution >= 0.6 is 11.8 Å². The number of hydrogen-bond acceptors (Lipinski definition) is 4. The summed E-state index contributed by atoms with van der Waals surface area (Å²) in [5.41, 5.74) is 1.81. The molecule has 0 fully saturated rings. The molecule has 0 unspecified atom stereocenters. The van der Waals surface area contributed by atoms with Crippen molar-refractivity contribution in [3.63, 3.8) is 0 Å². The lowest BCUT2D eigenvalue weighted by Gasteiger charge is -2.08. The summed E-state index contributed by atoms with van der Waals surface area (Å²) in [5.74, 6) is 1.12. The molecule has 0 heterocycles. The molecule has 0 aliphatic carbocycles. The molecule has 0 atom stereocenters. The number of benzene rings is 2. The number of nitrogens with one attached hydrogen (secondary N) is 1. The van der Waals surface area contributed by atoms with Gasteiger partial charge in [0, 0.05) is 22.8 Å². The average molecular weight is 343 g/mol. The topological polar surface area (TPSA) is 55.4 Å². The van der Waals surface area contributed by atoms with E-state index in [0.717, 1.165) is 5.75 Å². The molecule has 4 nitrogen and oxygen atoms in total. The summed E-state index contributed by atoms with van der Waals surface area (Å²) in [6.07, 6.45) is 0. The van der Waals surface area contributed by atoms with Crippen LogP contribution in [-0.4, -0.2) is 30.6 Å². The van der Waals surface area contributed by atoms with Crippen molar-refractivity contribution in [2.24, 2.45) is 0 Å². The van der Waals surface area contributed by atoms with E-state index in [1.54, 1.807) is 36.0 Å². The SMILES string of the molecule is CC(=O)c1cccc(OCC(=O)NCCSc2ccc(C)cc2)c1. The third-order valence-corrected chi connectivity index (χ3v) is 4.34. The highest BCUT2D eigenvalue weighted by Crippen LogP contribution is 2.17. The predicted octanol–water partition coefficient (Wildman–Crippen LogP) is 3.48. The van der Waals surface area contributed by atoms with Crippen LogP contribution < -0.4 is 10.1 Å². The van der Waals surface area contributed by atoms with E-state index in [9.17, 15) is 9.59 Å². The lowest BCUT2D eigenvalue weighted by Crippen LogP contribution is -2.30. The summed E-state index contributed by atoms with van der Waals surface area (Å²) in [4.78, 5) is 24.3. The van der Waals surface area contributed by atoms with Gasteiger partial charge in [-0.1, -0.05) is 29.8 Å². The largest absolute Gasteiger partial charge is 0.484 e. The van der Waals surface area contributed by atoms with Gasteiger partial charge in [0.25, 0.3) is 5.91 Å². The fourth-order valence-corrected chi connectivity index (χ4v) is 2.77. The molecular formula is C19H21NO3S. The van der Waals surface area contributed by atoms with Crippen LogP contribution in [0.4, 0.5) is 0 Å². The third-order valence-electron chi connectivity index (χ3n) is 3.32. The number of carbonyl (C=O) groups excluding carboxylic acids is 2. The van der Waals surface area contributed by atoms with Crippen molar-refractivity contribution in [2.45, 2.75) is 18.7 Å². The molecular weight excluding hydrogens is 322 g/mol. The van der Waals surface area contributed by atoms with Gasteiger partial charge in [-0.05, 0) is 38.1 Å². The zero-order chi connectivity index (χ0) is 17.4. The highest BCUT2D eigenvalue weighted by molar-refractivity contribution is 7.99. The Morgan fingerprint density at radius 3 is 2.58 bits per heavy atom. The second-order valence-electron chi connectivity index (χ2n) is 5.38. The first-order valence-corrected chi connectivity index (χ1v) is 8.73. The van der Waals surface area contributed by atoms with E-state index in [-0.39, 0.29) is 18.3 Å². The maximum atomic E-state index is 11.8. The number of aryl methyl sites for hydroxylation is 1. The van der Waals surface area contributed by atoms with Gasteiger partial charge >= 0.3 is 0 Å². The molecule has 1 amide bonds. The number of hydrogen-bond donors (Lipinski definition) is 1. The predicted molar refractivity (Wildman–Crippen MR) is 96.9 cm³/mol. The van der Waals surface area contributed by atoms with E-state index >= 15 is 0 Å². The molecule has 2 aromatic rings. The van der Waals surface area contributed by atoms with Gasteiger partial charge in [-0.3, -0.25) is 9.59 Å². The van der Waals surface area contributed by atoms with E-state index in [2.05, 4.69) is 36.5 Å². The van der Waals surface area contributed by atoms with Crippen LogP contribution in [0.1, 0.15) is 22.8 Å². The lowest BCUT2D eigenvalue weighted by atomic mass is 10.1. The fourth-order valence-electron chi connectivity index (χ4n) is 2.00. The Bertz CT molecular complexity index is 698. The summed E-state index contributed by atoms with van der Waals surface area (Å²) in [5, 5.41) is 2.82. The van der Waals surface area contributed by atoms with Crippen molar-refractivity contribution in [1.82, 2.24) is 5.32 Å². The van der Waals surface area contributed by atoms with Crippen molar-refractivity contribution >= 4 is 23.5 Å². The van der Waals surface area contributed by atoms with Gasteiger partial charge in [0.15, 0.2) is 12.4 Å². The van der Waals surface area contributed by atoms with Crippen LogP contribution in [0.25, 0.3) is 0 Å². The van der Waals surface area contributed by atoms with Crippen LogP contribution in [0.15, 0.2) is 53.4 Å². The lowest BCUT2D eigenvalue weighted by molar-refractivity contribution is -0.122. The Kier molecular flexibility index (Phi) is 6.88. The smallest absolute Gasteiger partial charge is 0.257 e. The molecule has 0 radical (unpaired) electrons. The second-order valence-corrected chi connectivity index (χ2v) is 6.55. The summed E-state index contributed by atoms with van der Waals surface area (Å²) in [6.45, 7) is 4.07. The molecule has 0 aliphatic rings. The number of carbonyl (C=O) groups is 2. The molecule has 2 rings (SSSR count). The van der Waals surface area contributed by atoms with Gasteiger partial charge in [-0.2, -0.15) is 0 Å². The van der Waals surface area contributed by atoms with E-state index in [1.165, 1.54) is 17.4 Å². The van der Waals surface area contributed by atoms with E-state index < -0.39 is 0 Å². The molecule has 0 aliphatic heterocycles. The summed E-state index contributed by atoms with van der Waals surface area (Å²) in [7, 11) is 0. The Hall–Kier alpha value is -2.27. The zero-order valence-electron chi connectivity index (χ0n) is 13.9. The number of amides is 1. The highest BCUT2D eigenvalue weighted by atomic mass is 32.2. The number of Topliss-reactive ketones (excluding diaryl/α,β-unsaturated/α-hetero) is 1. The van der Waals surface area contributed by atoms with Gasteiger partial charge < -0.3 is 10.1 Å². The van der Waals surface area contributed by atoms with E-state index in [1.807, 2.05) is 0 Å². The first kappa shape index (κ1) is 18.1. The van der Waals surface area contributed by atoms with Crippen LogP contribution in [0.3, 0.4) is 0 Å². The van der Waals surface area contributed by atoms with Gasteiger partial charge in [-0.25, -0.2) is 0 Å². The van der Waals surface area contributed by atoms with Crippen molar-refractivity contribution in [3.05, 3.63) is 59.7 Å². The normalized spacial score (nSPS) is 10.2. The van der Waals surface area contributed by atoms with Crippen molar-refractivity contribution < 1.29 is 14.3 Å². The van der Waals surface area contributed by atoms with Crippen molar-refractivity contribution in [1.29, 1.82) is 0 Å².